The minimum atomic E-state index is -0.0159. The molecule has 20 heavy (non-hydrogen) atoms. The second-order valence-electron chi connectivity index (χ2n) is 6.11. The third kappa shape index (κ3) is 2.93. The molecule has 0 saturated heterocycles. The highest BCUT2D eigenvalue weighted by Gasteiger charge is 2.38. The molecule has 2 aliphatic carbocycles. The van der Waals surface area contributed by atoms with E-state index in [1.54, 1.807) is 6.08 Å². The number of hydrogen-bond acceptors (Lipinski definition) is 3. The van der Waals surface area contributed by atoms with Crippen molar-refractivity contribution in [2.24, 2.45) is 17.6 Å². The Hall–Kier alpha value is -1.61. The highest BCUT2D eigenvalue weighted by atomic mass is 16.1. The van der Waals surface area contributed by atoms with Crippen molar-refractivity contribution in [3.05, 3.63) is 47.7 Å². The molecule has 108 valence electrons. The highest BCUT2D eigenvalue weighted by Crippen LogP contribution is 2.44. The molecule has 0 aromatic heterocycles. The highest BCUT2D eigenvalue weighted by molar-refractivity contribution is 6.04. The normalized spacial score (nSPS) is 28.8. The number of benzene rings is 1. The average Bonchev–Trinajstić information content (AvgIpc) is 3.08. The Balaban J connectivity index is 0.00000161. The molecule has 3 rings (SSSR count). The van der Waals surface area contributed by atoms with Crippen LogP contribution in [0.4, 0.5) is 0 Å². The van der Waals surface area contributed by atoms with E-state index >= 15 is 0 Å². The fourth-order valence-corrected chi connectivity index (χ4v) is 3.65. The fourth-order valence-electron chi connectivity index (χ4n) is 3.65. The molecule has 2 aliphatic rings. The molecule has 2 fully saturated rings. The number of carbonyl (C=O) groups excluding carboxylic acids is 1. The van der Waals surface area contributed by atoms with Gasteiger partial charge in [-0.25, -0.2) is 0 Å². The van der Waals surface area contributed by atoms with Crippen LogP contribution < -0.4 is 11.1 Å². The zero-order chi connectivity index (χ0) is 13.9. The van der Waals surface area contributed by atoms with Crippen LogP contribution in [-0.2, 0) is 0 Å². The summed E-state index contributed by atoms with van der Waals surface area (Å²) >= 11 is 0. The quantitative estimate of drug-likeness (QED) is 0.640. The summed E-state index contributed by atoms with van der Waals surface area (Å²) in [5.41, 5.74) is 7.28. The summed E-state index contributed by atoms with van der Waals surface area (Å²) < 4.78 is 0. The van der Waals surface area contributed by atoms with Crippen molar-refractivity contribution >= 4 is 5.78 Å². The van der Waals surface area contributed by atoms with Crippen molar-refractivity contribution in [2.45, 2.75) is 31.7 Å². The Morgan fingerprint density at radius 3 is 2.75 bits per heavy atom. The van der Waals surface area contributed by atoms with Gasteiger partial charge in [-0.15, -0.1) is 0 Å². The van der Waals surface area contributed by atoms with Crippen molar-refractivity contribution < 1.29 is 6.22 Å². The lowest BCUT2D eigenvalue weighted by atomic mass is 9.95. The number of nitrogens with two attached hydrogens (primary N) is 1. The third-order valence-electron chi connectivity index (χ3n) is 4.68. The molecule has 0 amide bonds. The number of nitrogens with one attached hydrogen (secondary N) is 1. The Bertz CT molecular complexity index is 515. The topological polar surface area (TPSA) is 55.1 Å². The maximum atomic E-state index is 12.0. The standard InChI is InChI=1S/C17H22N2O.H2/c18-15(10-17(20)13-4-2-1-3-5-13)11-19-16-9-12-6-7-14(16)8-12;/h1-5,10,12,14,16,19H,6-9,11,18H2;1H/b15-10-;. The third-order valence-corrected chi connectivity index (χ3v) is 4.68. The molecule has 3 nitrogen and oxygen atoms in total. The van der Waals surface area contributed by atoms with Gasteiger partial charge in [0.15, 0.2) is 5.78 Å². The summed E-state index contributed by atoms with van der Waals surface area (Å²) in [5.74, 6) is 1.74. The summed E-state index contributed by atoms with van der Waals surface area (Å²) in [4.78, 5) is 12.0. The summed E-state index contributed by atoms with van der Waals surface area (Å²) in [6.45, 7) is 0.618. The van der Waals surface area contributed by atoms with Crippen molar-refractivity contribution in [3.8, 4) is 0 Å². The van der Waals surface area contributed by atoms with Crippen molar-refractivity contribution in [1.82, 2.24) is 5.32 Å². The van der Waals surface area contributed by atoms with Gasteiger partial charge in [0.2, 0.25) is 0 Å². The van der Waals surface area contributed by atoms with Gasteiger partial charge in [-0.1, -0.05) is 36.8 Å². The number of hydrogen-bond donors (Lipinski definition) is 2. The smallest absolute Gasteiger partial charge is 0.187 e. The zero-order valence-electron chi connectivity index (χ0n) is 11.7. The van der Waals surface area contributed by atoms with E-state index in [9.17, 15) is 4.79 Å². The maximum Gasteiger partial charge on any atom is 0.187 e. The Kier molecular flexibility index (Phi) is 3.88. The maximum absolute atomic E-state index is 12.0. The summed E-state index contributed by atoms with van der Waals surface area (Å²) in [6.07, 6.45) is 6.97. The Morgan fingerprint density at radius 2 is 2.10 bits per heavy atom. The summed E-state index contributed by atoms with van der Waals surface area (Å²) in [7, 11) is 0. The Morgan fingerprint density at radius 1 is 1.30 bits per heavy atom. The molecule has 0 heterocycles. The first-order valence-electron chi connectivity index (χ1n) is 7.51. The number of allylic oxidation sites excluding steroid dienone is 1. The van der Waals surface area contributed by atoms with Crippen molar-refractivity contribution in [1.29, 1.82) is 0 Å². The van der Waals surface area contributed by atoms with E-state index in [4.69, 9.17) is 5.73 Å². The monoisotopic (exact) mass is 272 g/mol. The minimum absolute atomic E-state index is 0. The first-order chi connectivity index (χ1) is 9.72. The van der Waals surface area contributed by atoms with Crippen LogP contribution in [0.15, 0.2) is 42.1 Å². The van der Waals surface area contributed by atoms with Gasteiger partial charge in [-0.05, 0) is 31.1 Å². The number of ketones is 1. The molecular formula is C17H24N2O. The molecule has 3 heteroatoms. The Labute approximate surface area is 121 Å². The molecule has 1 aromatic carbocycles. The van der Waals surface area contributed by atoms with E-state index in [-0.39, 0.29) is 7.21 Å². The van der Waals surface area contributed by atoms with Crippen molar-refractivity contribution in [2.75, 3.05) is 6.54 Å². The van der Waals surface area contributed by atoms with Gasteiger partial charge in [0.25, 0.3) is 0 Å². The van der Waals surface area contributed by atoms with Crippen molar-refractivity contribution in [3.63, 3.8) is 0 Å². The van der Waals surface area contributed by atoms with Crippen LogP contribution in [0.2, 0.25) is 0 Å². The van der Waals surface area contributed by atoms with Crippen LogP contribution in [-0.4, -0.2) is 18.4 Å². The largest absolute Gasteiger partial charge is 0.401 e. The van der Waals surface area contributed by atoms with Crippen LogP contribution in [0, 0.1) is 11.8 Å². The van der Waals surface area contributed by atoms with Crippen LogP contribution >= 0.6 is 0 Å². The molecule has 0 spiro atoms. The van der Waals surface area contributed by atoms with E-state index in [0.29, 0.717) is 23.8 Å². The number of rotatable bonds is 5. The van der Waals surface area contributed by atoms with E-state index in [0.717, 1.165) is 11.8 Å². The molecule has 0 radical (unpaired) electrons. The molecule has 3 N–H and O–H groups in total. The van der Waals surface area contributed by atoms with Crippen LogP contribution in [0.3, 0.4) is 0 Å². The van der Waals surface area contributed by atoms with Crippen LogP contribution in [0.25, 0.3) is 0 Å². The molecule has 1 aromatic rings. The first kappa shape index (κ1) is 13.4. The molecule has 2 bridgehead atoms. The van der Waals surface area contributed by atoms with Gasteiger partial charge in [0.05, 0.1) is 0 Å². The van der Waals surface area contributed by atoms with Gasteiger partial charge in [-0.2, -0.15) is 0 Å². The molecule has 3 atom stereocenters. The molecule has 0 aliphatic heterocycles. The number of fused-ring (bicyclic) bond motifs is 2. The summed E-state index contributed by atoms with van der Waals surface area (Å²) in [6, 6.07) is 9.87. The lowest BCUT2D eigenvalue weighted by Gasteiger charge is -2.22. The average molecular weight is 272 g/mol. The minimum Gasteiger partial charge on any atom is -0.401 e. The second-order valence-corrected chi connectivity index (χ2v) is 6.11. The fraction of sp³-hybridized carbons (Fsp3) is 0.471. The van der Waals surface area contributed by atoms with Crippen LogP contribution in [0.5, 0.6) is 0 Å². The van der Waals surface area contributed by atoms with Gasteiger partial charge in [0.1, 0.15) is 0 Å². The van der Waals surface area contributed by atoms with E-state index in [1.807, 2.05) is 30.3 Å². The van der Waals surface area contributed by atoms with E-state index in [1.165, 1.54) is 25.7 Å². The van der Waals surface area contributed by atoms with Gasteiger partial charge >= 0.3 is 0 Å². The second kappa shape index (κ2) is 5.80. The number of carbonyl (C=O) groups is 1. The summed E-state index contributed by atoms with van der Waals surface area (Å²) in [5, 5.41) is 3.52. The predicted molar refractivity (Wildman–Crippen MR) is 82.4 cm³/mol. The molecule has 3 unspecified atom stereocenters. The first-order valence-corrected chi connectivity index (χ1v) is 7.51. The molecular weight excluding hydrogens is 248 g/mol. The molecule has 2 saturated carbocycles. The van der Waals surface area contributed by atoms with E-state index < -0.39 is 0 Å². The lowest BCUT2D eigenvalue weighted by molar-refractivity contribution is 0.104. The zero-order valence-corrected chi connectivity index (χ0v) is 11.7. The van der Waals surface area contributed by atoms with E-state index in [2.05, 4.69) is 5.32 Å². The van der Waals surface area contributed by atoms with Gasteiger partial charge in [0, 0.05) is 31.3 Å². The van der Waals surface area contributed by atoms with Crippen LogP contribution in [0.1, 0.15) is 37.5 Å². The lowest BCUT2D eigenvalue weighted by Crippen LogP contribution is -2.36. The predicted octanol–water partition coefficient (Wildman–Crippen LogP) is 2.74. The SMILES string of the molecule is N/C(=C\C(=O)c1ccccc1)CNC1CC2CCC1C2.[HH]. The van der Waals surface area contributed by atoms with Gasteiger partial charge < -0.3 is 11.1 Å². The van der Waals surface area contributed by atoms with Gasteiger partial charge in [-0.3, -0.25) is 4.79 Å².